The van der Waals surface area contributed by atoms with E-state index in [1.54, 1.807) is 0 Å². The maximum absolute atomic E-state index is 11.6. The summed E-state index contributed by atoms with van der Waals surface area (Å²) in [6, 6.07) is -1.44. The number of aromatic nitrogens is 2. The molecule has 1 atom stereocenters. The van der Waals surface area contributed by atoms with Crippen molar-refractivity contribution in [3.05, 3.63) is 11.9 Å². The third kappa shape index (κ3) is 2.75. The predicted octanol–water partition coefficient (Wildman–Crippen LogP) is -1.42. The van der Waals surface area contributed by atoms with Gasteiger partial charge in [0, 0.05) is 13.2 Å². The molecule has 0 aromatic carbocycles. The van der Waals surface area contributed by atoms with Gasteiger partial charge in [-0.3, -0.25) is 19.6 Å². The largest absolute Gasteiger partial charge is 0.396 e. The zero-order chi connectivity index (χ0) is 13.9. The third-order valence-corrected chi connectivity index (χ3v) is 2.23. The van der Waals surface area contributed by atoms with Crippen LogP contribution in [0.5, 0.6) is 0 Å². The summed E-state index contributed by atoms with van der Waals surface area (Å²) in [6.45, 7) is 1.50. The minimum Gasteiger partial charge on any atom is -0.396 e. The van der Waals surface area contributed by atoms with Gasteiger partial charge in [-0.25, -0.2) is 4.79 Å². The van der Waals surface area contributed by atoms with Crippen LogP contribution in [0.25, 0.3) is 0 Å². The average molecular weight is 254 g/mol. The molecule has 0 aliphatic carbocycles. The number of anilines is 1. The maximum Gasteiger partial charge on any atom is 0.321 e. The highest BCUT2D eigenvalue weighted by Gasteiger charge is 2.20. The first-order valence-corrected chi connectivity index (χ1v) is 5.03. The van der Waals surface area contributed by atoms with E-state index in [-0.39, 0.29) is 11.4 Å². The van der Waals surface area contributed by atoms with Gasteiger partial charge < -0.3 is 16.8 Å². The Morgan fingerprint density at radius 2 is 2.06 bits per heavy atom. The SMILES string of the molecule is CNC(=O)NC(=O)C(C)n1cc(N)c(C(N)=O)n1. The number of nitrogens with one attached hydrogen (secondary N) is 2. The summed E-state index contributed by atoms with van der Waals surface area (Å²) in [5, 5.41) is 8.10. The minimum absolute atomic E-state index is 0.0714. The number of carbonyl (C=O) groups is 3. The molecule has 4 amide bonds. The molecule has 0 spiro atoms. The highest BCUT2D eigenvalue weighted by molar-refractivity contribution is 5.97. The first-order valence-electron chi connectivity index (χ1n) is 5.03. The Labute approximate surface area is 102 Å². The lowest BCUT2D eigenvalue weighted by Crippen LogP contribution is -2.41. The molecule has 0 radical (unpaired) electrons. The van der Waals surface area contributed by atoms with Gasteiger partial charge in [0.15, 0.2) is 5.69 Å². The lowest BCUT2D eigenvalue weighted by Gasteiger charge is -2.11. The van der Waals surface area contributed by atoms with Crippen LogP contribution in [0, 0.1) is 0 Å². The highest BCUT2D eigenvalue weighted by Crippen LogP contribution is 2.13. The molecular weight excluding hydrogens is 240 g/mol. The van der Waals surface area contributed by atoms with Crippen LogP contribution in [0.3, 0.4) is 0 Å². The fourth-order valence-electron chi connectivity index (χ4n) is 1.19. The van der Waals surface area contributed by atoms with Gasteiger partial charge >= 0.3 is 6.03 Å². The van der Waals surface area contributed by atoms with Crippen LogP contribution >= 0.6 is 0 Å². The van der Waals surface area contributed by atoms with Crippen molar-refractivity contribution in [2.24, 2.45) is 5.73 Å². The van der Waals surface area contributed by atoms with Crippen LogP contribution in [-0.4, -0.2) is 34.7 Å². The second kappa shape index (κ2) is 5.17. The topological polar surface area (TPSA) is 145 Å². The van der Waals surface area contributed by atoms with E-state index in [1.165, 1.54) is 20.2 Å². The van der Waals surface area contributed by atoms with Crippen molar-refractivity contribution in [3.8, 4) is 0 Å². The number of amides is 4. The second-order valence-corrected chi connectivity index (χ2v) is 3.52. The molecule has 0 saturated carbocycles. The van der Waals surface area contributed by atoms with E-state index in [4.69, 9.17) is 11.5 Å². The minimum atomic E-state index is -0.808. The summed E-state index contributed by atoms with van der Waals surface area (Å²) in [5.41, 5.74) is 10.5. The van der Waals surface area contributed by atoms with E-state index in [0.717, 1.165) is 4.68 Å². The summed E-state index contributed by atoms with van der Waals surface area (Å²) in [6.07, 6.45) is 1.30. The molecule has 98 valence electrons. The van der Waals surface area contributed by atoms with Crippen molar-refractivity contribution in [2.75, 3.05) is 12.8 Å². The summed E-state index contributed by atoms with van der Waals surface area (Å²) in [4.78, 5) is 33.5. The zero-order valence-corrected chi connectivity index (χ0v) is 9.93. The van der Waals surface area contributed by atoms with Crippen LogP contribution in [0.2, 0.25) is 0 Å². The quantitative estimate of drug-likeness (QED) is 0.523. The fraction of sp³-hybridized carbons (Fsp3) is 0.333. The number of hydrogen-bond donors (Lipinski definition) is 4. The summed E-state index contributed by atoms with van der Waals surface area (Å²) in [7, 11) is 1.38. The van der Waals surface area contributed by atoms with Crippen molar-refractivity contribution < 1.29 is 14.4 Å². The Morgan fingerprint density at radius 3 is 2.50 bits per heavy atom. The first kappa shape index (κ1) is 13.5. The molecule has 1 aromatic heterocycles. The molecule has 9 heteroatoms. The molecule has 6 N–H and O–H groups in total. The van der Waals surface area contributed by atoms with E-state index in [1.807, 2.05) is 0 Å². The Hall–Kier alpha value is -2.58. The molecule has 1 unspecified atom stereocenters. The van der Waals surface area contributed by atoms with E-state index in [0.29, 0.717) is 0 Å². The number of hydrogen-bond acceptors (Lipinski definition) is 5. The summed E-state index contributed by atoms with van der Waals surface area (Å²) >= 11 is 0. The molecule has 18 heavy (non-hydrogen) atoms. The highest BCUT2D eigenvalue weighted by atomic mass is 16.2. The number of nitrogens with zero attached hydrogens (tertiary/aromatic N) is 2. The number of imide groups is 1. The fourth-order valence-corrected chi connectivity index (χ4v) is 1.19. The molecule has 0 bridgehead atoms. The number of rotatable bonds is 3. The van der Waals surface area contributed by atoms with Gasteiger partial charge in [0.2, 0.25) is 0 Å². The zero-order valence-electron chi connectivity index (χ0n) is 9.93. The summed E-state index contributed by atoms with van der Waals surface area (Å²) in [5.74, 6) is -1.38. The molecular formula is C9H14N6O3. The van der Waals surface area contributed by atoms with E-state index in [2.05, 4.69) is 15.7 Å². The average Bonchev–Trinajstić information content (AvgIpc) is 2.70. The van der Waals surface area contributed by atoms with Crippen molar-refractivity contribution in [1.29, 1.82) is 0 Å². The lowest BCUT2D eigenvalue weighted by atomic mass is 10.3. The van der Waals surface area contributed by atoms with Gasteiger partial charge in [-0.15, -0.1) is 0 Å². The normalized spacial score (nSPS) is 11.7. The predicted molar refractivity (Wildman–Crippen MR) is 62.5 cm³/mol. The number of carbonyl (C=O) groups excluding carboxylic acids is 3. The van der Waals surface area contributed by atoms with Crippen LogP contribution in [0.1, 0.15) is 23.5 Å². The van der Waals surface area contributed by atoms with Crippen LogP contribution in [-0.2, 0) is 4.79 Å². The van der Waals surface area contributed by atoms with Gasteiger partial charge in [-0.1, -0.05) is 0 Å². The van der Waals surface area contributed by atoms with Crippen LogP contribution in [0.4, 0.5) is 10.5 Å². The number of nitrogens with two attached hydrogens (primary N) is 2. The molecule has 1 rings (SSSR count). The van der Waals surface area contributed by atoms with Gasteiger partial charge in [0.05, 0.1) is 5.69 Å². The number of urea groups is 1. The summed E-state index contributed by atoms with van der Waals surface area (Å²) < 4.78 is 1.16. The van der Waals surface area contributed by atoms with Gasteiger partial charge in [-0.05, 0) is 6.92 Å². The third-order valence-electron chi connectivity index (χ3n) is 2.23. The van der Waals surface area contributed by atoms with Crippen molar-refractivity contribution >= 4 is 23.5 Å². The van der Waals surface area contributed by atoms with Crippen molar-refractivity contribution in [2.45, 2.75) is 13.0 Å². The first-order chi connectivity index (χ1) is 8.36. The lowest BCUT2D eigenvalue weighted by molar-refractivity contribution is -0.123. The van der Waals surface area contributed by atoms with Crippen LogP contribution in [0.15, 0.2) is 6.20 Å². The van der Waals surface area contributed by atoms with Crippen molar-refractivity contribution in [3.63, 3.8) is 0 Å². The molecule has 0 aliphatic rings. The molecule has 0 fully saturated rings. The van der Waals surface area contributed by atoms with E-state index in [9.17, 15) is 14.4 Å². The van der Waals surface area contributed by atoms with Gasteiger partial charge in [0.1, 0.15) is 6.04 Å². The Bertz CT molecular complexity index is 494. The number of nitrogen functional groups attached to an aromatic ring is 1. The number of primary amides is 1. The molecule has 1 aromatic rings. The van der Waals surface area contributed by atoms with E-state index >= 15 is 0 Å². The Morgan fingerprint density at radius 1 is 1.44 bits per heavy atom. The maximum atomic E-state index is 11.6. The van der Waals surface area contributed by atoms with E-state index < -0.39 is 23.9 Å². The molecule has 1 heterocycles. The monoisotopic (exact) mass is 254 g/mol. The van der Waals surface area contributed by atoms with Crippen LogP contribution < -0.4 is 22.1 Å². The van der Waals surface area contributed by atoms with Crippen molar-refractivity contribution in [1.82, 2.24) is 20.4 Å². The van der Waals surface area contributed by atoms with Gasteiger partial charge in [-0.2, -0.15) is 5.10 Å². The second-order valence-electron chi connectivity index (χ2n) is 3.52. The standard InChI is InChI=1S/C9H14N6O3/c1-4(8(17)13-9(18)12-2)15-3-5(10)6(14-15)7(11)16/h3-4H,10H2,1-2H3,(H2,11,16)(H2,12,13,17,18). The molecule has 9 nitrogen and oxygen atoms in total. The van der Waals surface area contributed by atoms with Gasteiger partial charge in [0.25, 0.3) is 11.8 Å². The Kier molecular flexibility index (Phi) is 3.87. The molecule has 0 saturated heterocycles. The Balaban J connectivity index is 2.87. The molecule has 0 aliphatic heterocycles. The smallest absolute Gasteiger partial charge is 0.321 e.